The van der Waals surface area contributed by atoms with E-state index in [0.717, 1.165) is 17.8 Å². The lowest BCUT2D eigenvalue weighted by Gasteiger charge is -2.26. The quantitative estimate of drug-likeness (QED) is 0.287. The molecule has 7 heteroatoms. The Morgan fingerprint density at radius 3 is 2.61 bits per heavy atom. The third-order valence-electron chi connectivity index (χ3n) is 5.84. The van der Waals surface area contributed by atoms with Gasteiger partial charge in [0.2, 0.25) is 0 Å². The van der Waals surface area contributed by atoms with Gasteiger partial charge in [-0.1, -0.05) is 41.1 Å². The summed E-state index contributed by atoms with van der Waals surface area (Å²) in [6.07, 6.45) is 2.73. The molecule has 1 aliphatic heterocycles. The summed E-state index contributed by atoms with van der Waals surface area (Å²) in [4.78, 5) is 6.61. The molecule has 2 atom stereocenters. The molecular weight excluding hydrogens is 501 g/mol. The normalized spacial score (nSPS) is 17.9. The second kappa shape index (κ2) is 9.08. The molecule has 4 nitrogen and oxygen atoms in total. The fourth-order valence-electron chi connectivity index (χ4n) is 4.16. The van der Waals surface area contributed by atoms with Gasteiger partial charge in [0.1, 0.15) is 23.4 Å². The maximum absolute atomic E-state index is 14.6. The van der Waals surface area contributed by atoms with E-state index < -0.39 is 0 Å². The standard InChI is InChI=1S/C26H21BrFN3OS/c1-2-16-6-9-18(10-7-16)31-25(24(30-26(31)33)21-5-3-4-14-29-21)23-13-12-22(32-23)19-11-8-17(27)15-20(19)28/h3-15,24-25H,2H2,1H3,(H,30,33)/t24-,25+/m0/s1. The summed E-state index contributed by atoms with van der Waals surface area (Å²) in [7, 11) is 0. The minimum atomic E-state index is -0.348. The van der Waals surface area contributed by atoms with Crippen LogP contribution in [-0.4, -0.2) is 10.1 Å². The third kappa shape index (κ3) is 4.18. The molecule has 1 aliphatic rings. The number of hydrogen-bond donors (Lipinski definition) is 1. The SMILES string of the molecule is CCc1ccc(N2C(=S)N[C@@H](c3ccccn3)[C@H]2c2ccc(-c3ccc(Br)cc3F)o2)cc1. The number of nitrogens with zero attached hydrogens (tertiary/aromatic N) is 2. The number of halogens is 2. The third-order valence-corrected chi connectivity index (χ3v) is 6.64. The van der Waals surface area contributed by atoms with Crippen LogP contribution in [0.1, 0.15) is 36.0 Å². The van der Waals surface area contributed by atoms with Crippen LogP contribution < -0.4 is 10.2 Å². The van der Waals surface area contributed by atoms with Gasteiger partial charge in [-0.2, -0.15) is 0 Å². The van der Waals surface area contributed by atoms with Gasteiger partial charge in [-0.05, 0) is 78.8 Å². The van der Waals surface area contributed by atoms with Crippen LogP contribution >= 0.6 is 28.1 Å². The van der Waals surface area contributed by atoms with E-state index in [9.17, 15) is 4.39 Å². The van der Waals surface area contributed by atoms with Crippen LogP contribution in [0.3, 0.4) is 0 Å². The molecule has 1 N–H and O–H groups in total. The summed E-state index contributed by atoms with van der Waals surface area (Å²) in [6, 6.07) is 22.3. The first-order valence-electron chi connectivity index (χ1n) is 10.7. The zero-order chi connectivity index (χ0) is 22.9. The van der Waals surface area contributed by atoms with E-state index in [0.29, 0.717) is 26.7 Å². The average Bonchev–Trinajstić information content (AvgIpc) is 3.44. The van der Waals surface area contributed by atoms with E-state index in [2.05, 4.69) is 62.3 Å². The van der Waals surface area contributed by atoms with Gasteiger partial charge in [0.25, 0.3) is 0 Å². The van der Waals surface area contributed by atoms with Gasteiger partial charge >= 0.3 is 0 Å². The van der Waals surface area contributed by atoms with Gasteiger partial charge in [-0.15, -0.1) is 0 Å². The maximum Gasteiger partial charge on any atom is 0.174 e. The van der Waals surface area contributed by atoms with Gasteiger partial charge in [-0.25, -0.2) is 4.39 Å². The number of nitrogens with one attached hydrogen (secondary N) is 1. The van der Waals surface area contributed by atoms with Crippen LogP contribution in [0.5, 0.6) is 0 Å². The van der Waals surface area contributed by atoms with Crippen molar-refractivity contribution in [1.29, 1.82) is 0 Å². The van der Waals surface area contributed by atoms with E-state index in [1.807, 2.05) is 24.3 Å². The number of thiocarbonyl (C=S) groups is 1. The molecule has 0 saturated carbocycles. The van der Waals surface area contributed by atoms with Gasteiger partial charge in [0, 0.05) is 16.4 Å². The minimum absolute atomic E-state index is 0.224. The number of aryl methyl sites for hydroxylation is 1. The molecule has 166 valence electrons. The van der Waals surface area contributed by atoms with Crippen molar-refractivity contribution in [3.8, 4) is 11.3 Å². The smallest absolute Gasteiger partial charge is 0.174 e. The molecule has 3 heterocycles. The molecular formula is C26H21BrFN3OS. The number of aromatic nitrogens is 1. The Hall–Kier alpha value is -3.03. The molecule has 2 aromatic carbocycles. The molecule has 0 bridgehead atoms. The predicted molar refractivity (Wildman–Crippen MR) is 136 cm³/mol. The van der Waals surface area contributed by atoms with Crippen LogP contribution in [0.25, 0.3) is 11.3 Å². The van der Waals surface area contributed by atoms with Crippen LogP contribution in [0.15, 0.2) is 87.9 Å². The molecule has 4 aromatic rings. The van der Waals surface area contributed by atoms with Crippen molar-refractivity contribution < 1.29 is 8.81 Å². The lowest BCUT2D eigenvalue weighted by Crippen LogP contribution is -2.29. The molecule has 0 radical (unpaired) electrons. The highest BCUT2D eigenvalue weighted by Crippen LogP contribution is 2.43. The van der Waals surface area contributed by atoms with Crippen molar-refractivity contribution in [2.24, 2.45) is 0 Å². The fraction of sp³-hybridized carbons (Fsp3) is 0.154. The maximum atomic E-state index is 14.6. The Morgan fingerprint density at radius 1 is 1.09 bits per heavy atom. The molecule has 0 aliphatic carbocycles. The number of pyridine rings is 1. The van der Waals surface area contributed by atoms with Crippen LogP contribution in [0.2, 0.25) is 0 Å². The van der Waals surface area contributed by atoms with Gasteiger partial charge in [0.05, 0.1) is 17.3 Å². The van der Waals surface area contributed by atoms with Gasteiger partial charge in [0.15, 0.2) is 5.11 Å². The topological polar surface area (TPSA) is 41.3 Å². The summed E-state index contributed by atoms with van der Waals surface area (Å²) in [5.74, 6) is 0.794. The van der Waals surface area contributed by atoms with Crippen molar-refractivity contribution >= 4 is 38.9 Å². The van der Waals surface area contributed by atoms with Crippen molar-refractivity contribution in [1.82, 2.24) is 10.3 Å². The first kappa shape index (κ1) is 21.8. The second-order valence-corrected chi connectivity index (χ2v) is 9.15. The van der Waals surface area contributed by atoms with Crippen LogP contribution in [0.4, 0.5) is 10.1 Å². The van der Waals surface area contributed by atoms with Crippen LogP contribution in [-0.2, 0) is 6.42 Å². The van der Waals surface area contributed by atoms with Crippen molar-refractivity contribution in [3.05, 3.63) is 106 Å². The van der Waals surface area contributed by atoms with E-state index in [1.54, 1.807) is 24.4 Å². The summed E-state index contributed by atoms with van der Waals surface area (Å²) in [5.41, 5.74) is 3.47. The Morgan fingerprint density at radius 2 is 1.91 bits per heavy atom. The van der Waals surface area contributed by atoms with Gasteiger partial charge in [-0.3, -0.25) is 4.98 Å². The lowest BCUT2D eigenvalue weighted by molar-refractivity contribution is 0.438. The minimum Gasteiger partial charge on any atom is -0.459 e. The lowest BCUT2D eigenvalue weighted by atomic mass is 10.0. The number of benzene rings is 2. The molecule has 2 aromatic heterocycles. The summed E-state index contributed by atoms with van der Waals surface area (Å²) in [5, 5.41) is 4.01. The molecule has 5 rings (SSSR count). The molecule has 0 unspecified atom stereocenters. The average molecular weight is 522 g/mol. The second-order valence-electron chi connectivity index (χ2n) is 7.84. The summed E-state index contributed by atoms with van der Waals surface area (Å²) < 4.78 is 21.5. The zero-order valence-electron chi connectivity index (χ0n) is 17.8. The first-order valence-corrected chi connectivity index (χ1v) is 11.9. The highest BCUT2D eigenvalue weighted by molar-refractivity contribution is 9.10. The van der Waals surface area contributed by atoms with Gasteiger partial charge < -0.3 is 14.6 Å². The number of anilines is 1. The summed E-state index contributed by atoms with van der Waals surface area (Å²) in [6.45, 7) is 2.13. The van der Waals surface area contributed by atoms with E-state index in [-0.39, 0.29) is 17.9 Å². The molecule has 1 fully saturated rings. The Balaban J connectivity index is 1.59. The number of furan rings is 1. The highest BCUT2D eigenvalue weighted by Gasteiger charge is 2.42. The van der Waals surface area contributed by atoms with Crippen LogP contribution in [0, 0.1) is 5.82 Å². The molecule has 0 amide bonds. The van der Waals surface area contributed by atoms with Crippen molar-refractivity contribution in [2.75, 3.05) is 4.90 Å². The predicted octanol–water partition coefficient (Wildman–Crippen LogP) is 6.98. The van der Waals surface area contributed by atoms with E-state index >= 15 is 0 Å². The van der Waals surface area contributed by atoms with Crippen molar-refractivity contribution in [3.63, 3.8) is 0 Å². The Bertz CT molecular complexity index is 1290. The summed E-state index contributed by atoms with van der Waals surface area (Å²) >= 11 is 9.06. The highest BCUT2D eigenvalue weighted by atomic mass is 79.9. The first-order chi connectivity index (χ1) is 16.0. The molecule has 0 spiro atoms. The van der Waals surface area contributed by atoms with Crippen molar-refractivity contribution in [2.45, 2.75) is 25.4 Å². The zero-order valence-corrected chi connectivity index (χ0v) is 20.2. The number of hydrogen-bond acceptors (Lipinski definition) is 3. The van der Waals surface area contributed by atoms with E-state index in [4.69, 9.17) is 16.6 Å². The molecule has 33 heavy (non-hydrogen) atoms. The monoisotopic (exact) mass is 521 g/mol. The largest absolute Gasteiger partial charge is 0.459 e. The number of rotatable bonds is 5. The Labute approximate surface area is 205 Å². The Kier molecular flexibility index (Phi) is 6.00. The fourth-order valence-corrected chi connectivity index (χ4v) is 4.84. The van der Waals surface area contributed by atoms with E-state index in [1.165, 1.54) is 11.6 Å². The molecule has 1 saturated heterocycles.